The van der Waals surface area contributed by atoms with Gasteiger partial charge in [-0.3, -0.25) is 9.59 Å². The van der Waals surface area contributed by atoms with E-state index in [-0.39, 0.29) is 30.3 Å². The van der Waals surface area contributed by atoms with Crippen LogP contribution in [0, 0.1) is 6.92 Å². The second-order valence-electron chi connectivity index (χ2n) is 7.22. The predicted octanol–water partition coefficient (Wildman–Crippen LogP) is 3.23. The van der Waals surface area contributed by atoms with Crippen LogP contribution in [0.1, 0.15) is 36.2 Å². The summed E-state index contributed by atoms with van der Waals surface area (Å²) in [5, 5.41) is 11.7. The van der Waals surface area contributed by atoms with Crippen molar-refractivity contribution >= 4 is 29.2 Å². The van der Waals surface area contributed by atoms with Crippen LogP contribution in [0.25, 0.3) is 0 Å². The van der Waals surface area contributed by atoms with E-state index < -0.39 is 11.6 Å². The van der Waals surface area contributed by atoms with Gasteiger partial charge in [0.1, 0.15) is 5.75 Å². The summed E-state index contributed by atoms with van der Waals surface area (Å²) in [5.41, 5.74) is 1.09. The highest BCUT2D eigenvalue weighted by molar-refractivity contribution is 6.03. The Balaban J connectivity index is 1.73. The Morgan fingerprint density at radius 2 is 1.93 bits per heavy atom. The number of aromatic carboxylic acids is 1. The normalized spacial score (nSPS) is 14.8. The predicted molar refractivity (Wildman–Crippen MR) is 105 cm³/mol. The smallest absolute Gasteiger partial charge is 0.335 e. The van der Waals surface area contributed by atoms with Gasteiger partial charge < -0.3 is 20.1 Å². The van der Waals surface area contributed by atoms with Crippen LogP contribution in [-0.4, -0.2) is 35.0 Å². The maximum absolute atomic E-state index is 12.8. The fraction of sp³-hybridized carbons (Fsp3) is 0.286. The summed E-state index contributed by atoms with van der Waals surface area (Å²) < 4.78 is 5.81. The van der Waals surface area contributed by atoms with Gasteiger partial charge in [0.05, 0.1) is 11.3 Å². The molecule has 0 saturated carbocycles. The molecule has 0 unspecified atom stereocenters. The molecule has 3 rings (SSSR count). The van der Waals surface area contributed by atoms with Crippen molar-refractivity contribution in [1.29, 1.82) is 0 Å². The van der Waals surface area contributed by atoms with Crippen molar-refractivity contribution in [2.45, 2.75) is 32.8 Å². The number of nitrogens with zero attached hydrogens (tertiary/aromatic N) is 1. The molecular formula is C21H22N2O5. The zero-order valence-corrected chi connectivity index (χ0v) is 16.0. The van der Waals surface area contributed by atoms with Gasteiger partial charge in [0, 0.05) is 18.7 Å². The Bertz CT molecular complexity index is 952. The van der Waals surface area contributed by atoms with Gasteiger partial charge in [-0.15, -0.1) is 0 Å². The van der Waals surface area contributed by atoms with Gasteiger partial charge in [-0.05, 0) is 56.7 Å². The van der Waals surface area contributed by atoms with Crippen LogP contribution >= 0.6 is 0 Å². The summed E-state index contributed by atoms with van der Waals surface area (Å²) in [6.45, 7) is 5.50. The van der Waals surface area contributed by atoms with E-state index in [0.717, 1.165) is 5.56 Å². The highest BCUT2D eigenvalue weighted by atomic mass is 16.5. The highest BCUT2D eigenvalue weighted by Crippen LogP contribution is 2.38. The van der Waals surface area contributed by atoms with Crippen molar-refractivity contribution in [3.63, 3.8) is 0 Å². The van der Waals surface area contributed by atoms with Crippen molar-refractivity contribution in [3.05, 3.63) is 53.6 Å². The van der Waals surface area contributed by atoms with Crippen LogP contribution in [0.4, 0.5) is 11.4 Å². The molecule has 0 aromatic heterocycles. The molecule has 7 nitrogen and oxygen atoms in total. The zero-order chi connectivity index (χ0) is 20.5. The molecule has 0 spiro atoms. The monoisotopic (exact) mass is 382 g/mol. The van der Waals surface area contributed by atoms with Gasteiger partial charge in [0.2, 0.25) is 5.91 Å². The van der Waals surface area contributed by atoms with E-state index in [9.17, 15) is 14.4 Å². The third-order valence-electron chi connectivity index (χ3n) is 4.49. The number of carbonyl (C=O) groups excluding carboxylic acids is 2. The second-order valence-corrected chi connectivity index (χ2v) is 7.22. The lowest BCUT2D eigenvalue weighted by atomic mass is 10.0. The minimum atomic E-state index is -1.07. The minimum absolute atomic E-state index is 0.0620. The maximum Gasteiger partial charge on any atom is 0.335 e. The SMILES string of the molecule is Cc1ccc2c(c1)N(CCC(=O)Nc1cccc(C(=O)O)c1)C(=O)C(C)(C)O2. The summed E-state index contributed by atoms with van der Waals surface area (Å²) in [6, 6.07) is 11.6. The van der Waals surface area contributed by atoms with E-state index in [2.05, 4.69) is 5.32 Å². The van der Waals surface area contributed by atoms with Crippen LogP contribution in [-0.2, 0) is 9.59 Å². The van der Waals surface area contributed by atoms with Crippen LogP contribution in [0.3, 0.4) is 0 Å². The number of carbonyl (C=O) groups is 3. The second kappa shape index (κ2) is 7.34. The molecule has 28 heavy (non-hydrogen) atoms. The van der Waals surface area contributed by atoms with E-state index in [0.29, 0.717) is 17.1 Å². The van der Waals surface area contributed by atoms with Gasteiger partial charge in [-0.1, -0.05) is 12.1 Å². The number of aryl methyl sites for hydroxylation is 1. The van der Waals surface area contributed by atoms with Gasteiger partial charge in [0.15, 0.2) is 5.60 Å². The van der Waals surface area contributed by atoms with E-state index >= 15 is 0 Å². The molecule has 1 aliphatic heterocycles. The number of ether oxygens (including phenoxy) is 1. The number of carboxylic acid groups (broad SMARTS) is 1. The van der Waals surface area contributed by atoms with Crippen molar-refractivity contribution < 1.29 is 24.2 Å². The molecule has 2 amide bonds. The lowest BCUT2D eigenvalue weighted by Gasteiger charge is -2.38. The molecule has 1 heterocycles. The molecule has 1 aliphatic rings. The molecule has 146 valence electrons. The first-order valence-corrected chi connectivity index (χ1v) is 8.92. The number of fused-ring (bicyclic) bond motifs is 1. The number of carboxylic acids is 1. The molecule has 0 bridgehead atoms. The molecule has 0 aliphatic carbocycles. The highest BCUT2D eigenvalue weighted by Gasteiger charge is 2.40. The average molecular weight is 382 g/mol. The zero-order valence-electron chi connectivity index (χ0n) is 16.0. The summed E-state index contributed by atoms with van der Waals surface area (Å²) in [7, 11) is 0. The Morgan fingerprint density at radius 1 is 1.18 bits per heavy atom. The first kappa shape index (κ1) is 19.4. The summed E-state index contributed by atoms with van der Waals surface area (Å²) in [4.78, 5) is 37.8. The Morgan fingerprint density at radius 3 is 2.64 bits per heavy atom. The fourth-order valence-corrected chi connectivity index (χ4v) is 3.07. The molecule has 0 fully saturated rings. The van der Waals surface area contributed by atoms with Gasteiger partial charge in [-0.25, -0.2) is 4.79 Å². The molecule has 0 radical (unpaired) electrons. The number of amides is 2. The van der Waals surface area contributed by atoms with Crippen molar-refractivity contribution in [2.24, 2.45) is 0 Å². The minimum Gasteiger partial charge on any atom is -0.478 e. The number of rotatable bonds is 5. The van der Waals surface area contributed by atoms with Crippen molar-refractivity contribution in [3.8, 4) is 5.75 Å². The number of hydrogen-bond donors (Lipinski definition) is 2. The largest absolute Gasteiger partial charge is 0.478 e. The Hall–Kier alpha value is -3.35. The molecule has 7 heteroatoms. The third kappa shape index (κ3) is 3.98. The molecule has 0 saturated heterocycles. The van der Waals surface area contributed by atoms with Crippen molar-refractivity contribution in [1.82, 2.24) is 0 Å². The lowest BCUT2D eigenvalue weighted by molar-refractivity contribution is -0.132. The third-order valence-corrected chi connectivity index (χ3v) is 4.49. The van der Waals surface area contributed by atoms with Crippen LogP contribution in [0.5, 0.6) is 5.75 Å². The summed E-state index contributed by atoms with van der Waals surface area (Å²) in [6.07, 6.45) is 0.0620. The molecule has 2 aromatic rings. The number of anilines is 2. The number of nitrogens with one attached hydrogen (secondary N) is 1. The molecule has 0 atom stereocenters. The van der Waals surface area contributed by atoms with Gasteiger partial charge >= 0.3 is 5.97 Å². The molecule has 2 aromatic carbocycles. The first-order valence-electron chi connectivity index (χ1n) is 8.92. The molecule has 2 N–H and O–H groups in total. The van der Waals surface area contributed by atoms with Crippen LogP contribution in [0.15, 0.2) is 42.5 Å². The van der Waals surface area contributed by atoms with E-state index in [4.69, 9.17) is 9.84 Å². The summed E-state index contributed by atoms with van der Waals surface area (Å²) in [5.74, 6) is -0.992. The van der Waals surface area contributed by atoms with Gasteiger partial charge in [0.25, 0.3) is 5.91 Å². The Kier molecular flexibility index (Phi) is 5.09. The number of hydrogen-bond acceptors (Lipinski definition) is 4. The lowest BCUT2D eigenvalue weighted by Crippen LogP contribution is -2.53. The maximum atomic E-state index is 12.8. The van der Waals surface area contributed by atoms with E-state index in [1.165, 1.54) is 12.1 Å². The molecular weight excluding hydrogens is 360 g/mol. The van der Waals surface area contributed by atoms with Crippen LogP contribution in [0.2, 0.25) is 0 Å². The Labute approximate surface area is 162 Å². The van der Waals surface area contributed by atoms with Gasteiger partial charge in [-0.2, -0.15) is 0 Å². The van der Waals surface area contributed by atoms with E-state index in [1.54, 1.807) is 30.9 Å². The fourth-order valence-electron chi connectivity index (χ4n) is 3.07. The summed E-state index contributed by atoms with van der Waals surface area (Å²) >= 11 is 0. The quantitative estimate of drug-likeness (QED) is 0.828. The van der Waals surface area contributed by atoms with E-state index in [1.807, 2.05) is 25.1 Å². The van der Waals surface area contributed by atoms with Crippen molar-refractivity contribution in [2.75, 3.05) is 16.8 Å². The topological polar surface area (TPSA) is 95.9 Å². The number of benzene rings is 2. The standard InChI is InChI=1S/C21H22N2O5/c1-13-7-8-17-16(11-13)23(20(27)21(2,3)28-17)10-9-18(24)22-15-6-4-5-14(12-15)19(25)26/h4-8,11-12H,9-10H2,1-3H3,(H,22,24)(H,25,26). The first-order chi connectivity index (χ1) is 13.2. The average Bonchev–Trinajstić information content (AvgIpc) is 2.63. The van der Waals surface area contributed by atoms with Crippen LogP contribution < -0.4 is 15.0 Å².